The number of hydrogen-bond acceptors (Lipinski definition) is 5. The van der Waals surface area contributed by atoms with E-state index in [1.165, 1.54) is 16.6 Å². The SMILES string of the molecule is NCC1CNCCN1S(=O)(=O)c1ncccc1F. The predicted octanol–water partition coefficient (Wildman–Crippen LogP) is -0.858. The first kappa shape index (κ1) is 13.3. The van der Waals surface area contributed by atoms with Crippen molar-refractivity contribution in [2.75, 3.05) is 26.2 Å². The number of aromatic nitrogens is 1. The number of piperazine rings is 1. The van der Waals surface area contributed by atoms with E-state index in [1.807, 2.05) is 0 Å². The van der Waals surface area contributed by atoms with Crippen molar-refractivity contribution in [3.63, 3.8) is 0 Å². The first-order valence-corrected chi connectivity index (χ1v) is 7.04. The summed E-state index contributed by atoms with van der Waals surface area (Å²) in [6.45, 7) is 1.43. The normalized spacial score (nSPS) is 22.0. The molecule has 0 saturated carbocycles. The van der Waals surface area contributed by atoms with Crippen LogP contribution in [0.25, 0.3) is 0 Å². The topological polar surface area (TPSA) is 88.3 Å². The van der Waals surface area contributed by atoms with Crippen LogP contribution in [0.3, 0.4) is 0 Å². The van der Waals surface area contributed by atoms with Gasteiger partial charge in [0.1, 0.15) is 0 Å². The molecule has 1 aromatic rings. The molecule has 0 aliphatic carbocycles. The number of pyridine rings is 1. The standard InChI is InChI=1S/C10H15FN4O2S/c11-9-2-1-3-14-10(9)18(16,17)15-5-4-13-7-8(15)6-12/h1-3,8,13H,4-7,12H2. The largest absolute Gasteiger partial charge is 0.329 e. The second-order valence-electron chi connectivity index (χ2n) is 4.00. The number of nitrogens with one attached hydrogen (secondary N) is 1. The van der Waals surface area contributed by atoms with Gasteiger partial charge in [0.15, 0.2) is 5.82 Å². The maximum Gasteiger partial charge on any atom is 0.263 e. The highest BCUT2D eigenvalue weighted by Gasteiger charge is 2.35. The molecule has 1 fully saturated rings. The second-order valence-corrected chi connectivity index (χ2v) is 5.81. The van der Waals surface area contributed by atoms with Crippen molar-refractivity contribution in [2.45, 2.75) is 11.1 Å². The van der Waals surface area contributed by atoms with E-state index in [0.717, 1.165) is 6.07 Å². The molecule has 3 N–H and O–H groups in total. The fourth-order valence-electron chi connectivity index (χ4n) is 1.93. The maximum atomic E-state index is 13.6. The Balaban J connectivity index is 2.39. The van der Waals surface area contributed by atoms with Crippen LogP contribution < -0.4 is 11.1 Å². The molecule has 6 nitrogen and oxygen atoms in total. The average molecular weight is 274 g/mol. The molecule has 100 valence electrons. The Labute approximate surface area is 105 Å². The quantitative estimate of drug-likeness (QED) is 0.749. The van der Waals surface area contributed by atoms with Crippen LogP contribution in [0.5, 0.6) is 0 Å². The van der Waals surface area contributed by atoms with Crippen LogP contribution in [0.2, 0.25) is 0 Å². The molecule has 2 heterocycles. The van der Waals surface area contributed by atoms with Crippen LogP contribution in [0, 0.1) is 5.82 Å². The van der Waals surface area contributed by atoms with Crippen molar-refractivity contribution in [1.82, 2.24) is 14.6 Å². The zero-order valence-corrected chi connectivity index (χ0v) is 10.5. The molecule has 2 rings (SSSR count). The van der Waals surface area contributed by atoms with E-state index in [4.69, 9.17) is 5.73 Å². The number of nitrogens with two attached hydrogens (primary N) is 1. The number of hydrogen-bond donors (Lipinski definition) is 2. The summed E-state index contributed by atoms with van der Waals surface area (Å²) in [4.78, 5) is 3.63. The van der Waals surface area contributed by atoms with Gasteiger partial charge in [0.2, 0.25) is 5.03 Å². The molecule has 8 heteroatoms. The van der Waals surface area contributed by atoms with E-state index in [-0.39, 0.29) is 19.1 Å². The highest BCUT2D eigenvalue weighted by atomic mass is 32.2. The van der Waals surface area contributed by atoms with Gasteiger partial charge in [-0.05, 0) is 12.1 Å². The van der Waals surface area contributed by atoms with Crippen molar-refractivity contribution >= 4 is 10.0 Å². The lowest BCUT2D eigenvalue weighted by Crippen LogP contribution is -2.56. The first-order valence-electron chi connectivity index (χ1n) is 5.60. The highest BCUT2D eigenvalue weighted by molar-refractivity contribution is 7.89. The summed E-state index contributed by atoms with van der Waals surface area (Å²) in [7, 11) is -3.93. The minimum absolute atomic E-state index is 0.181. The Morgan fingerprint density at radius 3 is 3.06 bits per heavy atom. The monoisotopic (exact) mass is 274 g/mol. The Hall–Kier alpha value is -1.09. The predicted molar refractivity (Wildman–Crippen MR) is 63.8 cm³/mol. The van der Waals surface area contributed by atoms with Gasteiger partial charge in [0, 0.05) is 38.4 Å². The molecule has 1 aliphatic rings. The summed E-state index contributed by atoms with van der Waals surface area (Å²) in [5.74, 6) is -0.841. The van der Waals surface area contributed by atoms with Crippen molar-refractivity contribution < 1.29 is 12.8 Å². The van der Waals surface area contributed by atoms with Crippen LogP contribution in [0.15, 0.2) is 23.4 Å². The van der Waals surface area contributed by atoms with Gasteiger partial charge in [-0.15, -0.1) is 0 Å². The molecular formula is C10H15FN4O2S. The van der Waals surface area contributed by atoms with E-state index in [0.29, 0.717) is 13.1 Å². The minimum atomic E-state index is -3.93. The maximum absolute atomic E-state index is 13.6. The van der Waals surface area contributed by atoms with Gasteiger partial charge >= 0.3 is 0 Å². The molecule has 1 saturated heterocycles. The number of sulfonamides is 1. The summed E-state index contributed by atoms with van der Waals surface area (Å²) >= 11 is 0. The molecular weight excluding hydrogens is 259 g/mol. The fourth-order valence-corrected chi connectivity index (χ4v) is 3.55. The van der Waals surface area contributed by atoms with Crippen LogP contribution in [0.4, 0.5) is 4.39 Å². The van der Waals surface area contributed by atoms with Crippen LogP contribution >= 0.6 is 0 Å². The van der Waals surface area contributed by atoms with Crippen LogP contribution in [0.1, 0.15) is 0 Å². The molecule has 1 unspecified atom stereocenters. The third-order valence-electron chi connectivity index (χ3n) is 2.85. The molecule has 1 atom stereocenters. The highest BCUT2D eigenvalue weighted by Crippen LogP contribution is 2.19. The third-order valence-corrected chi connectivity index (χ3v) is 4.73. The van der Waals surface area contributed by atoms with Gasteiger partial charge in [-0.2, -0.15) is 4.31 Å². The molecule has 1 aliphatic heterocycles. The Morgan fingerprint density at radius 2 is 2.39 bits per heavy atom. The summed E-state index contributed by atoms with van der Waals surface area (Å²) in [5, 5.41) is 2.52. The van der Waals surface area contributed by atoms with Crippen molar-refractivity contribution in [3.05, 3.63) is 24.1 Å². The first-order chi connectivity index (χ1) is 8.57. The van der Waals surface area contributed by atoms with E-state index in [1.54, 1.807) is 0 Å². The van der Waals surface area contributed by atoms with Crippen molar-refractivity contribution in [2.24, 2.45) is 5.73 Å². The van der Waals surface area contributed by atoms with Gasteiger partial charge in [-0.25, -0.2) is 17.8 Å². The van der Waals surface area contributed by atoms with Crippen LogP contribution in [-0.2, 0) is 10.0 Å². The smallest absolute Gasteiger partial charge is 0.263 e. The number of nitrogens with zero attached hydrogens (tertiary/aromatic N) is 2. The number of halogens is 1. The molecule has 18 heavy (non-hydrogen) atoms. The second kappa shape index (κ2) is 5.27. The molecule has 0 amide bonds. The van der Waals surface area contributed by atoms with E-state index in [2.05, 4.69) is 10.3 Å². The molecule has 1 aromatic heterocycles. The Kier molecular flexibility index (Phi) is 3.91. The van der Waals surface area contributed by atoms with E-state index < -0.39 is 20.9 Å². The van der Waals surface area contributed by atoms with Crippen molar-refractivity contribution in [3.8, 4) is 0 Å². The summed E-state index contributed by atoms with van der Waals surface area (Å²) in [6.07, 6.45) is 1.26. The fraction of sp³-hybridized carbons (Fsp3) is 0.500. The molecule has 0 bridgehead atoms. The molecule has 0 aromatic carbocycles. The van der Waals surface area contributed by atoms with Gasteiger partial charge in [0.25, 0.3) is 10.0 Å². The van der Waals surface area contributed by atoms with Gasteiger partial charge < -0.3 is 11.1 Å². The third kappa shape index (κ3) is 2.37. The lowest BCUT2D eigenvalue weighted by Gasteiger charge is -2.33. The summed E-state index contributed by atoms with van der Waals surface area (Å²) in [6, 6.07) is 2.07. The lowest BCUT2D eigenvalue weighted by atomic mass is 10.2. The van der Waals surface area contributed by atoms with E-state index in [9.17, 15) is 12.8 Å². The lowest BCUT2D eigenvalue weighted by molar-refractivity contribution is 0.271. The van der Waals surface area contributed by atoms with Crippen molar-refractivity contribution in [1.29, 1.82) is 0 Å². The minimum Gasteiger partial charge on any atom is -0.329 e. The Bertz CT molecular complexity index is 522. The zero-order chi connectivity index (χ0) is 13.2. The molecule has 0 spiro atoms. The average Bonchev–Trinajstić information content (AvgIpc) is 2.39. The van der Waals surface area contributed by atoms with Gasteiger partial charge in [-0.3, -0.25) is 0 Å². The zero-order valence-electron chi connectivity index (χ0n) is 9.71. The Morgan fingerprint density at radius 1 is 1.61 bits per heavy atom. The van der Waals surface area contributed by atoms with Gasteiger partial charge in [0.05, 0.1) is 0 Å². The van der Waals surface area contributed by atoms with Crippen LogP contribution in [-0.4, -0.2) is 49.9 Å². The van der Waals surface area contributed by atoms with Gasteiger partial charge in [-0.1, -0.05) is 0 Å². The molecule has 0 radical (unpaired) electrons. The summed E-state index contributed by atoms with van der Waals surface area (Å²) in [5.41, 5.74) is 5.55. The number of rotatable bonds is 3. The van der Waals surface area contributed by atoms with E-state index >= 15 is 0 Å². The summed E-state index contributed by atoms with van der Waals surface area (Å²) < 4.78 is 39.4.